The molecule has 4 nitrogen and oxygen atoms in total. The van der Waals surface area contributed by atoms with Crippen LogP contribution in [0.3, 0.4) is 0 Å². The van der Waals surface area contributed by atoms with E-state index in [4.69, 9.17) is 27.9 Å². The van der Waals surface area contributed by atoms with Crippen LogP contribution >= 0.6 is 23.2 Å². The molecular formula is C13H13Cl2NO3. The highest BCUT2D eigenvalue weighted by atomic mass is 35.5. The van der Waals surface area contributed by atoms with Gasteiger partial charge in [0.2, 0.25) is 0 Å². The molecule has 0 atom stereocenters. The molecule has 0 N–H and O–H groups in total. The molecule has 1 aromatic carbocycles. The third-order valence-electron chi connectivity index (χ3n) is 2.94. The van der Waals surface area contributed by atoms with Crippen LogP contribution in [-0.4, -0.2) is 36.3 Å². The third kappa shape index (κ3) is 3.61. The number of rotatable bonds is 3. The highest BCUT2D eigenvalue weighted by Gasteiger charge is 2.21. The van der Waals surface area contributed by atoms with Crippen LogP contribution in [-0.2, 0) is 9.59 Å². The molecular weight excluding hydrogens is 289 g/mol. The first-order valence-electron chi connectivity index (χ1n) is 5.94. The van der Waals surface area contributed by atoms with E-state index in [2.05, 4.69) is 0 Å². The van der Waals surface area contributed by atoms with Crippen molar-refractivity contribution in [2.75, 3.05) is 19.7 Å². The molecule has 0 bridgehead atoms. The first-order chi connectivity index (χ1) is 9.08. The van der Waals surface area contributed by atoms with Gasteiger partial charge in [-0.1, -0.05) is 29.3 Å². The van der Waals surface area contributed by atoms with Gasteiger partial charge >= 0.3 is 0 Å². The van der Waals surface area contributed by atoms with E-state index in [9.17, 15) is 9.59 Å². The second kappa shape index (κ2) is 6.26. The van der Waals surface area contributed by atoms with Crippen LogP contribution in [0.4, 0.5) is 0 Å². The maximum Gasteiger partial charge on any atom is 0.260 e. The minimum Gasteiger partial charge on any atom is -0.482 e. The predicted molar refractivity (Wildman–Crippen MR) is 72.8 cm³/mol. The molecule has 19 heavy (non-hydrogen) atoms. The van der Waals surface area contributed by atoms with Crippen LogP contribution in [0.25, 0.3) is 0 Å². The number of piperidine rings is 1. The van der Waals surface area contributed by atoms with Gasteiger partial charge in [-0.25, -0.2) is 0 Å². The molecule has 2 rings (SSSR count). The van der Waals surface area contributed by atoms with Crippen molar-refractivity contribution in [2.24, 2.45) is 0 Å². The summed E-state index contributed by atoms with van der Waals surface area (Å²) in [6.07, 6.45) is 0.841. The van der Waals surface area contributed by atoms with E-state index in [0.29, 0.717) is 41.7 Å². The SMILES string of the molecule is O=C1CCN(C(=O)COc2cccc(Cl)c2Cl)CC1. The zero-order chi connectivity index (χ0) is 13.8. The minimum atomic E-state index is -0.149. The van der Waals surface area contributed by atoms with Gasteiger partial charge in [0, 0.05) is 25.9 Å². The number of ketones is 1. The highest BCUT2D eigenvalue weighted by molar-refractivity contribution is 6.42. The van der Waals surface area contributed by atoms with Gasteiger partial charge in [-0.05, 0) is 12.1 Å². The summed E-state index contributed by atoms with van der Waals surface area (Å²) in [5, 5.41) is 0.681. The quantitative estimate of drug-likeness (QED) is 0.862. The van der Waals surface area contributed by atoms with E-state index in [0.717, 1.165) is 0 Å². The van der Waals surface area contributed by atoms with Gasteiger partial charge in [-0.15, -0.1) is 0 Å². The number of carbonyl (C=O) groups excluding carboxylic acids is 2. The Morgan fingerprint density at radius 3 is 2.63 bits per heavy atom. The average Bonchev–Trinajstić information content (AvgIpc) is 2.41. The molecule has 0 aliphatic carbocycles. The molecule has 102 valence electrons. The number of likely N-dealkylation sites (tertiary alicyclic amines) is 1. The van der Waals surface area contributed by atoms with Gasteiger partial charge in [0.25, 0.3) is 5.91 Å². The fraction of sp³-hybridized carbons (Fsp3) is 0.385. The van der Waals surface area contributed by atoms with Crippen molar-refractivity contribution in [3.05, 3.63) is 28.2 Å². The number of amides is 1. The number of Topliss-reactive ketones (excluding diaryl/α,β-unsaturated/α-hetero) is 1. The van der Waals surface area contributed by atoms with Crippen molar-refractivity contribution >= 4 is 34.9 Å². The maximum absolute atomic E-state index is 11.9. The van der Waals surface area contributed by atoms with Crippen molar-refractivity contribution in [3.63, 3.8) is 0 Å². The number of benzene rings is 1. The third-order valence-corrected chi connectivity index (χ3v) is 3.74. The van der Waals surface area contributed by atoms with Crippen LogP contribution in [0.5, 0.6) is 5.75 Å². The molecule has 1 saturated heterocycles. The lowest BCUT2D eigenvalue weighted by Gasteiger charge is -2.26. The molecule has 1 aliphatic heterocycles. The lowest BCUT2D eigenvalue weighted by molar-refractivity contribution is -0.136. The molecule has 1 heterocycles. The Kier molecular flexibility index (Phi) is 4.66. The van der Waals surface area contributed by atoms with E-state index < -0.39 is 0 Å². The lowest BCUT2D eigenvalue weighted by atomic mass is 10.1. The van der Waals surface area contributed by atoms with E-state index in [-0.39, 0.29) is 18.3 Å². The summed E-state index contributed by atoms with van der Waals surface area (Å²) in [6.45, 7) is 0.822. The van der Waals surface area contributed by atoms with Crippen molar-refractivity contribution in [2.45, 2.75) is 12.8 Å². The van der Waals surface area contributed by atoms with E-state index >= 15 is 0 Å². The zero-order valence-corrected chi connectivity index (χ0v) is 11.7. The number of nitrogens with zero attached hydrogens (tertiary/aromatic N) is 1. The standard InChI is InChI=1S/C13H13Cl2NO3/c14-10-2-1-3-11(13(10)15)19-8-12(18)16-6-4-9(17)5-7-16/h1-3H,4-8H2. The van der Waals surface area contributed by atoms with Gasteiger partial charge in [0.1, 0.15) is 16.6 Å². The Morgan fingerprint density at radius 2 is 1.95 bits per heavy atom. The van der Waals surface area contributed by atoms with Crippen molar-refractivity contribution in [1.29, 1.82) is 0 Å². The second-order valence-electron chi connectivity index (χ2n) is 4.26. The first kappa shape index (κ1) is 14.2. The van der Waals surface area contributed by atoms with Crippen LogP contribution in [0.15, 0.2) is 18.2 Å². The van der Waals surface area contributed by atoms with Crippen molar-refractivity contribution in [3.8, 4) is 5.75 Å². The van der Waals surface area contributed by atoms with E-state index in [1.54, 1.807) is 23.1 Å². The minimum absolute atomic E-state index is 0.103. The maximum atomic E-state index is 11.9. The smallest absolute Gasteiger partial charge is 0.260 e. The summed E-state index contributed by atoms with van der Waals surface area (Å²) in [4.78, 5) is 24.6. The summed E-state index contributed by atoms with van der Waals surface area (Å²) in [6, 6.07) is 5.00. The summed E-state index contributed by atoms with van der Waals surface area (Å²) in [5.74, 6) is 0.432. The average molecular weight is 302 g/mol. The van der Waals surface area contributed by atoms with Gasteiger partial charge in [0.15, 0.2) is 6.61 Å². The Hall–Kier alpha value is -1.26. The fourth-order valence-corrected chi connectivity index (χ4v) is 2.18. The molecule has 0 saturated carbocycles. The van der Waals surface area contributed by atoms with Crippen LogP contribution in [0.2, 0.25) is 10.0 Å². The largest absolute Gasteiger partial charge is 0.482 e. The van der Waals surface area contributed by atoms with Gasteiger partial charge in [0.05, 0.1) is 5.02 Å². The first-order valence-corrected chi connectivity index (χ1v) is 6.70. The molecule has 6 heteroatoms. The van der Waals surface area contributed by atoms with E-state index in [1.807, 2.05) is 0 Å². The number of carbonyl (C=O) groups is 2. The van der Waals surface area contributed by atoms with Crippen LogP contribution < -0.4 is 4.74 Å². The van der Waals surface area contributed by atoms with Gasteiger partial charge in [-0.3, -0.25) is 9.59 Å². The molecule has 0 spiro atoms. The fourth-order valence-electron chi connectivity index (χ4n) is 1.83. The Bertz CT molecular complexity index is 495. The topological polar surface area (TPSA) is 46.6 Å². The van der Waals surface area contributed by atoms with Crippen LogP contribution in [0.1, 0.15) is 12.8 Å². The summed E-state index contributed by atoms with van der Waals surface area (Å²) in [7, 11) is 0. The summed E-state index contributed by atoms with van der Waals surface area (Å²) >= 11 is 11.8. The monoisotopic (exact) mass is 301 g/mol. The molecule has 1 aliphatic rings. The Balaban J connectivity index is 1.90. The molecule has 0 unspecified atom stereocenters. The van der Waals surface area contributed by atoms with E-state index in [1.165, 1.54) is 0 Å². The Morgan fingerprint density at radius 1 is 1.26 bits per heavy atom. The summed E-state index contributed by atoms with van der Waals surface area (Å²) in [5.41, 5.74) is 0. The number of hydrogen-bond donors (Lipinski definition) is 0. The van der Waals surface area contributed by atoms with Gasteiger partial charge in [-0.2, -0.15) is 0 Å². The molecule has 1 fully saturated rings. The Labute approximate surface area is 121 Å². The second-order valence-corrected chi connectivity index (χ2v) is 5.05. The molecule has 1 aromatic rings. The highest BCUT2D eigenvalue weighted by Crippen LogP contribution is 2.31. The zero-order valence-electron chi connectivity index (χ0n) is 10.2. The van der Waals surface area contributed by atoms with Gasteiger partial charge < -0.3 is 9.64 Å². The normalized spacial score (nSPS) is 15.5. The van der Waals surface area contributed by atoms with Crippen molar-refractivity contribution in [1.82, 2.24) is 4.90 Å². The number of hydrogen-bond acceptors (Lipinski definition) is 3. The number of ether oxygens (including phenoxy) is 1. The van der Waals surface area contributed by atoms with Crippen LogP contribution in [0, 0.1) is 0 Å². The molecule has 1 amide bonds. The van der Waals surface area contributed by atoms with Crippen molar-refractivity contribution < 1.29 is 14.3 Å². The predicted octanol–water partition coefficient (Wildman–Crippen LogP) is 2.56. The summed E-state index contributed by atoms with van der Waals surface area (Å²) < 4.78 is 5.37. The molecule has 0 radical (unpaired) electrons. The number of halogens is 2. The lowest BCUT2D eigenvalue weighted by Crippen LogP contribution is -2.41. The molecule has 0 aromatic heterocycles.